The van der Waals surface area contributed by atoms with E-state index in [-0.39, 0.29) is 11.8 Å². The summed E-state index contributed by atoms with van der Waals surface area (Å²) in [7, 11) is 3.12. The van der Waals surface area contributed by atoms with Crippen LogP contribution in [0.25, 0.3) is 0 Å². The Hall–Kier alpha value is -3.22. The molecule has 4 rings (SSSR count). The summed E-state index contributed by atoms with van der Waals surface area (Å²) < 4.78 is 16.5. The van der Waals surface area contributed by atoms with Gasteiger partial charge in [0.1, 0.15) is 23.9 Å². The SMILES string of the molecule is COc1ccc(C(=O)N2CCOc3ccc(CCC(=O)NC4CC4)cc3C2)c(OC)c1. The van der Waals surface area contributed by atoms with Crippen LogP contribution in [-0.4, -0.2) is 50.1 Å². The van der Waals surface area contributed by atoms with Crippen molar-refractivity contribution in [3.05, 3.63) is 53.1 Å². The Bertz CT molecular complexity index is 970. The maximum Gasteiger partial charge on any atom is 0.258 e. The molecule has 2 aliphatic rings. The summed E-state index contributed by atoms with van der Waals surface area (Å²) in [6.45, 7) is 1.33. The Kier molecular flexibility index (Phi) is 6.30. The van der Waals surface area contributed by atoms with Crippen LogP contribution < -0.4 is 19.5 Å². The number of ether oxygens (including phenoxy) is 3. The summed E-state index contributed by atoms with van der Waals surface area (Å²) in [5.41, 5.74) is 2.49. The number of amides is 2. The third-order valence-corrected chi connectivity index (χ3v) is 5.61. The zero-order valence-corrected chi connectivity index (χ0v) is 18.0. The van der Waals surface area contributed by atoms with Gasteiger partial charge in [0, 0.05) is 30.6 Å². The number of hydrogen-bond donors (Lipinski definition) is 1. The average Bonchev–Trinajstić information content (AvgIpc) is 3.62. The normalized spacial score (nSPS) is 15.4. The van der Waals surface area contributed by atoms with Gasteiger partial charge in [-0.15, -0.1) is 0 Å². The van der Waals surface area contributed by atoms with Crippen molar-refractivity contribution < 1.29 is 23.8 Å². The fourth-order valence-electron chi connectivity index (χ4n) is 3.71. The topological polar surface area (TPSA) is 77.1 Å². The molecule has 0 radical (unpaired) electrons. The zero-order valence-electron chi connectivity index (χ0n) is 18.0. The molecule has 164 valence electrons. The molecule has 0 bridgehead atoms. The highest BCUT2D eigenvalue weighted by Crippen LogP contribution is 2.29. The van der Waals surface area contributed by atoms with Crippen molar-refractivity contribution in [1.29, 1.82) is 0 Å². The van der Waals surface area contributed by atoms with E-state index in [1.807, 2.05) is 18.2 Å². The van der Waals surface area contributed by atoms with Gasteiger partial charge in [-0.1, -0.05) is 12.1 Å². The minimum Gasteiger partial charge on any atom is -0.497 e. The number of rotatable bonds is 7. The predicted octanol–water partition coefficient (Wildman–Crippen LogP) is 2.95. The second-order valence-corrected chi connectivity index (χ2v) is 7.93. The van der Waals surface area contributed by atoms with Crippen molar-refractivity contribution in [2.24, 2.45) is 0 Å². The van der Waals surface area contributed by atoms with E-state index in [1.165, 1.54) is 7.11 Å². The van der Waals surface area contributed by atoms with Crippen molar-refractivity contribution >= 4 is 11.8 Å². The molecule has 2 amide bonds. The van der Waals surface area contributed by atoms with Crippen LogP contribution >= 0.6 is 0 Å². The van der Waals surface area contributed by atoms with Crippen LogP contribution in [0.3, 0.4) is 0 Å². The van der Waals surface area contributed by atoms with Gasteiger partial charge in [0.25, 0.3) is 5.91 Å². The van der Waals surface area contributed by atoms with Gasteiger partial charge in [-0.3, -0.25) is 9.59 Å². The standard InChI is InChI=1S/C24H28N2O5/c1-29-19-7-8-20(22(14-19)30-2)24(28)26-11-12-31-21-9-3-16(13-17(21)15-26)4-10-23(27)25-18-5-6-18/h3,7-9,13-14,18H,4-6,10-12,15H2,1-2H3,(H,25,27). The number of carbonyl (C=O) groups is 2. The molecular formula is C24H28N2O5. The first-order chi connectivity index (χ1) is 15.1. The highest BCUT2D eigenvalue weighted by molar-refractivity contribution is 5.97. The third kappa shape index (κ3) is 5.10. The molecular weight excluding hydrogens is 396 g/mol. The molecule has 0 spiro atoms. The lowest BCUT2D eigenvalue weighted by Crippen LogP contribution is -2.32. The van der Waals surface area contributed by atoms with Gasteiger partial charge in [0.15, 0.2) is 0 Å². The van der Waals surface area contributed by atoms with Crippen LogP contribution in [0.2, 0.25) is 0 Å². The fraction of sp³-hybridized carbons (Fsp3) is 0.417. The molecule has 1 heterocycles. The molecule has 1 aliphatic heterocycles. The van der Waals surface area contributed by atoms with E-state index in [0.717, 1.165) is 29.7 Å². The summed E-state index contributed by atoms with van der Waals surface area (Å²) in [6, 6.07) is 11.5. The third-order valence-electron chi connectivity index (χ3n) is 5.61. The van der Waals surface area contributed by atoms with Crippen molar-refractivity contribution in [2.75, 3.05) is 27.4 Å². The smallest absolute Gasteiger partial charge is 0.258 e. The first-order valence-corrected chi connectivity index (χ1v) is 10.6. The fourth-order valence-corrected chi connectivity index (χ4v) is 3.71. The van der Waals surface area contributed by atoms with Crippen molar-refractivity contribution in [1.82, 2.24) is 10.2 Å². The second-order valence-electron chi connectivity index (χ2n) is 7.93. The summed E-state index contributed by atoms with van der Waals surface area (Å²) in [6.07, 6.45) is 3.30. The van der Waals surface area contributed by atoms with E-state index in [4.69, 9.17) is 14.2 Å². The lowest BCUT2D eigenvalue weighted by molar-refractivity contribution is -0.121. The molecule has 0 saturated heterocycles. The van der Waals surface area contributed by atoms with E-state index in [1.54, 1.807) is 30.2 Å². The van der Waals surface area contributed by atoms with Crippen molar-refractivity contribution in [2.45, 2.75) is 38.3 Å². The number of aryl methyl sites for hydroxylation is 1. The van der Waals surface area contributed by atoms with E-state index in [2.05, 4.69) is 5.32 Å². The van der Waals surface area contributed by atoms with Crippen LogP contribution in [0.15, 0.2) is 36.4 Å². The Morgan fingerprint density at radius 2 is 1.97 bits per heavy atom. The number of fused-ring (bicyclic) bond motifs is 1. The highest BCUT2D eigenvalue weighted by atomic mass is 16.5. The molecule has 2 aromatic carbocycles. The van der Waals surface area contributed by atoms with E-state index < -0.39 is 0 Å². The predicted molar refractivity (Wildman–Crippen MR) is 116 cm³/mol. The summed E-state index contributed by atoms with van der Waals surface area (Å²) in [5.74, 6) is 1.86. The minimum atomic E-state index is -0.120. The highest BCUT2D eigenvalue weighted by Gasteiger charge is 2.25. The molecule has 2 aromatic rings. The lowest BCUT2D eigenvalue weighted by Gasteiger charge is -2.21. The van der Waals surface area contributed by atoms with Gasteiger partial charge in [-0.05, 0) is 43.0 Å². The Morgan fingerprint density at radius 1 is 1.13 bits per heavy atom. The van der Waals surface area contributed by atoms with Gasteiger partial charge in [-0.25, -0.2) is 0 Å². The van der Waals surface area contributed by atoms with Gasteiger partial charge in [0.2, 0.25) is 5.91 Å². The molecule has 1 saturated carbocycles. The summed E-state index contributed by atoms with van der Waals surface area (Å²) in [4.78, 5) is 27.0. The molecule has 31 heavy (non-hydrogen) atoms. The van der Waals surface area contributed by atoms with Crippen molar-refractivity contribution in [3.63, 3.8) is 0 Å². The molecule has 1 N–H and O–H groups in total. The first kappa shape index (κ1) is 21.0. The number of nitrogens with one attached hydrogen (secondary N) is 1. The molecule has 7 nitrogen and oxygen atoms in total. The number of carbonyl (C=O) groups excluding carboxylic acids is 2. The lowest BCUT2D eigenvalue weighted by atomic mass is 10.0. The average molecular weight is 424 g/mol. The van der Waals surface area contributed by atoms with Crippen molar-refractivity contribution in [3.8, 4) is 17.2 Å². The molecule has 1 aliphatic carbocycles. The van der Waals surface area contributed by atoms with Crippen LogP contribution in [0.1, 0.15) is 40.7 Å². The Balaban J connectivity index is 1.48. The molecule has 1 fully saturated rings. The van der Waals surface area contributed by atoms with Gasteiger partial charge in [-0.2, -0.15) is 0 Å². The molecule has 0 unspecified atom stereocenters. The zero-order chi connectivity index (χ0) is 21.8. The molecule has 0 aromatic heterocycles. The minimum absolute atomic E-state index is 0.0945. The first-order valence-electron chi connectivity index (χ1n) is 10.6. The quantitative estimate of drug-likeness (QED) is 0.740. The van der Waals surface area contributed by atoms with Crippen LogP contribution in [0.5, 0.6) is 17.2 Å². The molecule has 7 heteroatoms. The van der Waals surface area contributed by atoms with E-state index in [9.17, 15) is 9.59 Å². The van der Waals surface area contributed by atoms with Crippen LogP contribution in [0.4, 0.5) is 0 Å². The van der Waals surface area contributed by atoms with Crippen LogP contribution in [0, 0.1) is 0 Å². The maximum atomic E-state index is 13.2. The van der Waals surface area contributed by atoms with E-state index >= 15 is 0 Å². The number of hydrogen-bond acceptors (Lipinski definition) is 5. The van der Waals surface area contributed by atoms with Crippen LogP contribution in [-0.2, 0) is 17.8 Å². The van der Waals surface area contributed by atoms with Gasteiger partial charge in [0.05, 0.1) is 26.3 Å². The molecule has 0 atom stereocenters. The summed E-state index contributed by atoms with van der Waals surface area (Å²) in [5, 5.41) is 3.02. The number of benzene rings is 2. The van der Waals surface area contributed by atoms with Gasteiger partial charge < -0.3 is 24.4 Å². The largest absolute Gasteiger partial charge is 0.497 e. The monoisotopic (exact) mass is 424 g/mol. The second kappa shape index (κ2) is 9.29. The Labute approximate surface area is 182 Å². The maximum absolute atomic E-state index is 13.2. The van der Waals surface area contributed by atoms with Gasteiger partial charge >= 0.3 is 0 Å². The number of methoxy groups -OCH3 is 2. The van der Waals surface area contributed by atoms with E-state index in [0.29, 0.717) is 55.6 Å². The number of nitrogens with zero attached hydrogens (tertiary/aromatic N) is 1. The Morgan fingerprint density at radius 3 is 2.71 bits per heavy atom. The summed E-state index contributed by atoms with van der Waals surface area (Å²) >= 11 is 0.